The van der Waals surface area contributed by atoms with E-state index in [1.165, 1.54) is 5.57 Å². The van der Waals surface area contributed by atoms with Gasteiger partial charge in [-0.3, -0.25) is 4.79 Å². The number of aliphatic hydroxyl groups is 3. The maximum absolute atomic E-state index is 11.7. The van der Waals surface area contributed by atoms with E-state index in [2.05, 4.69) is 0 Å². The minimum atomic E-state index is -0.788. The highest BCUT2D eigenvalue weighted by Crippen LogP contribution is 2.59. The Labute approximate surface area is 137 Å². The molecule has 23 heavy (non-hydrogen) atoms. The van der Waals surface area contributed by atoms with Gasteiger partial charge in [0.05, 0.1) is 11.7 Å². The van der Waals surface area contributed by atoms with Crippen molar-refractivity contribution in [1.29, 1.82) is 0 Å². The number of fused-ring (bicyclic) bond motifs is 5. The number of allylic oxidation sites excluding steroid dienone is 1. The lowest BCUT2D eigenvalue weighted by atomic mass is 9.54. The molecule has 4 aliphatic carbocycles. The molecule has 3 saturated carbocycles. The number of ketones is 1. The highest BCUT2D eigenvalue weighted by molar-refractivity contribution is 5.91. The van der Waals surface area contributed by atoms with Gasteiger partial charge in [-0.15, -0.1) is 0 Å². The van der Waals surface area contributed by atoms with Gasteiger partial charge in [-0.05, 0) is 80.6 Å². The Bertz CT molecular complexity index is 527. The summed E-state index contributed by atoms with van der Waals surface area (Å²) >= 11 is 0. The van der Waals surface area contributed by atoms with Gasteiger partial charge in [-0.1, -0.05) is 5.57 Å². The maximum atomic E-state index is 11.7. The molecule has 4 aliphatic rings. The summed E-state index contributed by atoms with van der Waals surface area (Å²) in [5, 5.41) is 31.1. The number of hydrogen-bond acceptors (Lipinski definition) is 4. The van der Waals surface area contributed by atoms with Gasteiger partial charge in [0.1, 0.15) is 0 Å². The van der Waals surface area contributed by atoms with Gasteiger partial charge in [0.15, 0.2) is 5.78 Å². The highest BCUT2D eigenvalue weighted by atomic mass is 16.3. The van der Waals surface area contributed by atoms with Crippen molar-refractivity contribution < 1.29 is 20.1 Å². The van der Waals surface area contributed by atoms with Crippen LogP contribution in [0.15, 0.2) is 11.6 Å². The van der Waals surface area contributed by atoms with Crippen molar-refractivity contribution in [2.75, 3.05) is 6.61 Å². The second-order valence-corrected chi connectivity index (χ2v) is 8.30. The molecule has 4 heteroatoms. The Balaban J connectivity index is 1.61. The molecule has 0 aromatic heterocycles. The van der Waals surface area contributed by atoms with Crippen molar-refractivity contribution in [3.63, 3.8) is 0 Å². The molecule has 0 saturated heterocycles. The SMILES string of the molecule is O=C1C=C2CC[C@H]3C4CC[C@](O)(CCO)C4C[C@H](O)C3C2CC1. The Morgan fingerprint density at radius 1 is 1.17 bits per heavy atom. The van der Waals surface area contributed by atoms with Crippen LogP contribution in [0.25, 0.3) is 0 Å². The van der Waals surface area contributed by atoms with E-state index < -0.39 is 5.60 Å². The molecular weight excluding hydrogens is 292 g/mol. The number of rotatable bonds is 2. The van der Waals surface area contributed by atoms with Gasteiger partial charge in [0.25, 0.3) is 0 Å². The zero-order valence-electron chi connectivity index (χ0n) is 13.7. The second kappa shape index (κ2) is 5.68. The fraction of sp³-hybridized carbons (Fsp3) is 0.842. The lowest BCUT2D eigenvalue weighted by Crippen LogP contribution is -2.52. The summed E-state index contributed by atoms with van der Waals surface area (Å²) in [6.07, 6.45) is 7.84. The second-order valence-electron chi connectivity index (χ2n) is 8.30. The smallest absolute Gasteiger partial charge is 0.155 e. The largest absolute Gasteiger partial charge is 0.396 e. The molecule has 4 nitrogen and oxygen atoms in total. The molecule has 3 fully saturated rings. The van der Waals surface area contributed by atoms with Crippen molar-refractivity contribution >= 4 is 5.78 Å². The maximum Gasteiger partial charge on any atom is 0.155 e. The van der Waals surface area contributed by atoms with Crippen LogP contribution in [0.2, 0.25) is 0 Å². The number of aliphatic hydroxyl groups excluding tert-OH is 2. The van der Waals surface area contributed by atoms with Crippen LogP contribution in [-0.4, -0.2) is 39.4 Å². The molecule has 4 rings (SSSR count). The first-order chi connectivity index (χ1) is 11.0. The number of carbonyl (C=O) groups excluding carboxylic acids is 1. The Hall–Kier alpha value is -0.710. The van der Waals surface area contributed by atoms with E-state index >= 15 is 0 Å². The van der Waals surface area contributed by atoms with Gasteiger partial charge in [-0.2, -0.15) is 0 Å². The van der Waals surface area contributed by atoms with E-state index in [0.29, 0.717) is 37.0 Å². The topological polar surface area (TPSA) is 77.8 Å². The van der Waals surface area contributed by atoms with Crippen LogP contribution in [0.5, 0.6) is 0 Å². The minimum absolute atomic E-state index is 0.0154. The lowest BCUT2D eigenvalue weighted by molar-refractivity contribution is -0.120. The average Bonchev–Trinajstić information content (AvgIpc) is 2.84. The third-order valence-corrected chi connectivity index (χ3v) is 7.40. The van der Waals surface area contributed by atoms with Crippen LogP contribution in [0, 0.1) is 29.6 Å². The van der Waals surface area contributed by atoms with Gasteiger partial charge >= 0.3 is 0 Å². The first-order valence-electron chi connectivity index (χ1n) is 9.28. The molecule has 0 spiro atoms. The van der Waals surface area contributed by atoms with Crippen molar-refractivity contribution in [2.24, 2.45) is 29.6 Å². The van der Waals surface area contributed by atoms with Crippen molar-refractivity contribution in [1.82, 2.24) is 0 Å². The molecule has 0 heterocycles. The quantitative estimate of drug-likeness (QED) is 0.725. The molecule has 0 amide bonds. The van der Waals surface area contributed by atoms with E-state index in [9.17, 15) is 20.1 Å². The number of carbonyl (C=O) groups is 1. The van der Waals surface area contributed by atoms with Gasteiger partial charge in [0.2, 0.25) is 0 Å². The summed E-state index contributed by atoms with van der Waals surface area (Å²) < 4.78 is 0. The van der Waals surface area contributed by atoms with E-state index in [1.54, 1.807) is 0 Å². The predicted octanol–water partition coefficient (Wildman–Crippen LogP) is 1.82. The summed E-state index contributed by atoms with van der Waals surface area (Å²) in [4.78, 5) is 11.7. The van der Waals surface area contributed by atoms with Gasteiger partial charge < -0.3 is 15.3 Å². The molecule has 4 unspecified atom stereocenters. The van der Waals surface area contributed by atoms with E-state index in [-0.39, 0.29) is 30.3 Å². The third-order valence-electron chi connectivity index (χ3n) is 7.40. The molecular formula is C19H28O4. The summed E-state index contributed by atoms with van der Waals surface area (Å²) in [5.41, 5.74) is 0.480. The molecule has 0 bridgehead atoms. The van der Waals surface area contributed by atoms with Crippen molar-refractivity contribution in [2.45, 2.75) is 63.1 Å². The van der Waals surface area contributed by atoms with Crippen LogP contribution >= 0.6 is 0 Å². The van der Waals surface area contributed by atoms with E-state index in [0.717, 1.165) is 32.1 Å². The third kappa shape index (κ3) is 2.41. The lowest BCUT2D eigenvalue weighted by Gasteiger charge is -2.52. The summed E-state index contributed by atoms with van der Waals surface area (Å²) in [5.74, 6) is 1.94. The highest BCUT2D eigenvalue weighted by Gasteiger charge is 2.57. The van der Waals surface area contributed by atoms with Gasteiger partial charge in [0, 0.05) is 13.0 Å². The van der Waals surface area contributed by atoms with Crippen molar-refractivity contribution in [3.05, 3.63) is 11.6 Å². The molecule has 128 valence electrons. The normalized spacial score (nSPS) is 49.2. The zero-order chi connectivity index (χ0) is 16.2. The predicted molar refractivity (Wildman–Crippen MR) is 85.5 cm³/mol. The molecule has 7 atom stereocenters. The molecule has 3 N–H and O–H groups in total. The minimum Gasteiger partial charge on any atom is -0.396 e. The Kier molecular flexibility index (Phi) is 3.90. The summed E-state index contributed by atoms with van der Waals surface area (Å²) in [7, 11) is 0. The summed E-state index contributed by atoms with van der Waals surface area (Å²) in [6, 6.07) is 0. The monoisotopic (exact) mass is 320 g/mol. The number of hydrogen-bond donors (Lipinski definition) is 3. The van der Waals surface area contributed by atoms with Crippen LogP contribution < -0.4 is 0 Å². The van der Waals surface area contributed by atoms with Crippen LogP contribution in [-0.2, 0) is 4.79 Å². The van der Waals surface area contributed by atoms with E-state index in [1.807, 2.05) is 6.08 Å². The molecule has 0 aliphatic heterocycles. The average molecular weight is 320 g/mol. The van der Waals surface area contributed by atoms with Crippen LogP contribution in [0.4, 0.5) is 0 Å². The Morgan fingerprint density at radius 2 is 2.00 bits per heavy atom. The zero-order valence-corrected chi connectivity index (χ0v) is 13.7. The molecule has 0 radical (unpaired) electrons. The van der Waals surface area contributed by atoms with Gasteiger partial charge in [-0.25, -0.2) is 0 Å². The first-order valence-corrected chi connectivity index (χ1v) is 9.28. The van der Waals surface area contributed by atoms with Crippen molar-refractivity contribution in [3.8, 4) is 0 Å². The van der Waals surface area contributed by atoms with E-state index in [4.69, 9.17) is 0 Å². The molecule has 0 aromatic carbocycles. The van der Waals surface area contributed by atoms with Crippen LogP contribution in [0.1, 0.15) is 51.4 Å². The Morgan fingerprint density at radius 3 is 2.78 bits per heavy atom. The van der Waals surface area contributed by atoms with Crippen LogP contribution in [0.3, 0.4) is 0 Å². The fourth-order valence-corrected chi connectivity index (χ4v) is 6.47. The fourth-order valence-electron chi connectivity index (χ4n) is 6.47. The molecule has 0 aromatic rings. The standard InChI is InChI=1S/C19H28O4/c20-8-7-19(23)6-5-14-15-3-1-11-9-12(21)2-4-13(11)18(15)17(22)10-16(14)19/h9,13-18,20,22-23H,1-8,10H2/t13?,14?,15-,16?,17-,18?,19-/m0/s1. The first kappa shape index (κ1) is 15.8. The summed E-state index contributed by atoms with van der Waals surface area (Å²) in [6.45, 7) is 0.0154.